The molecule has 1 aromatic heterocycles. The first-order chi connectivity index (χ1) is 7.98. The van der Waals surface area contributed by atoms with E-state index in [0.717, 1.165) is 24.4 Å². The second-order valence-corrected chi connectivity index (χ2v) is 6.87. The van der Waals surface area contributed by atoms with Gasteiger partial charge < -0.3 is 0 Å². The first kappa shape index (κ1) is 14.5. The zero-order valence-electron chi connectivity index (χ0n) is 11.1. The van der Waals surface area contributed by atoms with Gasteiger partial charge >= 0.3 is 0 Å². The van der Waals surface area contributed by atoms with Gasteiger partial charge in [-0.05, 0) is 6.42 Å². The molecule has 1 aromatic rings. The van der Waals surface area contributed by atoms with Crippen molar-refractivity contribution in [2.75, 3.05) is 5.75 Å². The Bertz CT molecular complexity index is 331. The number of rotatable bonds is 6. The first-order valence-electron chi connectivity index (χ1n) is 5.96. The summed E-state index contributed by atoms with van der Waals surface area (Å²) in [5.41, 5.74) is 3.92. The lowest BCUT2D eigenvalue weighted by Crippen LogP contribution is -2.32. The third kappa shape index (κ3) is 4.65. The van der Waals surface area contributed by atoms with Crippen molar-refractivity contribution in [3.05, 3.63) is 11.9 Å². The van der Waals surface area contributed by atoms with E-state index in [1.54, 1.807) is 6.20 Å². The minimum atomic E-state index is 0.0979. The van der Waals surface area contributed by atoms with Crippen LogP contribution in [0.25, 0.3) is 0 Å². The monoisotopic (exact) mass is 257 g/mol. The second-order valence-electron chi connectivity index (χ2n) is 5.02. The van der Waals surface area contributed by atoms with Crippen LogP contribution < -0.4 is 11.3 Å². The molecule has 0 saturated carbocycles. The fraction of sp³-hybridized carbons (Fsp3) is 0.818. The standard InChI is InChI=1S/C11H23N5S/c1-5-6-16-10(7-13-15-16)9(14-12)8-17-11(2,3)4/h7,9,14H,5-6,8,12H2,1-4H3. The molecule has 0 aliphatic rings. The summed E-state index contributed by atoms with van der Waals surface area (Å²) in [5, 5.41) is 8.04. The lowest BCUT2D eigenvalue weighted by atomic mass is 10.2. The molecule has 0 saturated heterocycles. The summed E-state index contributed by atoms with van der Waals surface area (Å²) < 4.78 is 2.16. The molecule has 17 heavy (non-hydrogen) atoms. The Labute approximate surface area is 107 Å². The molecule has 3 N–H and O–H groups in total. The topological polar surface area (TPSA) is 68.8 Å². The summed E-state index contributed by atoms with van der Waals surface area (Å²) in [4.78, 5) is 0. The zero-order chi connectivity index (χ0) is 12.9. The minimum absolute atomic E-state index is 0.0979. The number of hydrogen-bond acceptors (Lipinski definition) is 5. The molecule has 1 rings (SSSR count). The van der Waals surface area contributed by atoms with Gasteiger partial charge in [-0.1, -0.05) is 32.9 Å². The average molecular weight is 257 g/mol. The molecule has 5 nitrogen and oxygen atoms in total. The molecule has 6 heteroatoms. The molecule has 0 aromatic carbocycles. The lowest BCUT2D eigenvalue weighted by molar-refractivity contribution is 0.500. The SMILES string of the molecule is CCCn1nncc1C(CSC(C)(C)C)NN. The molecule has 1 unspecified atom stereocenters. The molecule has 0 aliphatic heterocycles. The normalized spacial score (nSPS) is 13.9. The summed E-state index contributed by atoms with van der Waals surface area (Å²) in [7, 11) is 0. The molecular weight excluding hydrogens is 234 g/mol. The summed E-state index contributed by atoms with van der Waals surface area (Å²) in [6.45, 7) is 9.61. The Hall–Kier alpha value is -0.590. The molecule has 0 amide bonds. The van der Waals surface area contributed by atoms with Crippen LogP contribution in [0.3, 0.4) is 0 Å². The molecule has 0 aliphatic carbocycles. The van der Waals surface area contributed by atoms with Crippen molar-refractivity contribution in [2.24, 2.45) is 5.84 Å². The maximum absolute atomic E-state index is 5.63. The van der Waals surface area contributed by atoms with Crippen LogP contribution in [0.2, 0.25) is 0 Å². The number of hydrogen-bond donors (Lipinski definition) is 2. The van der Waals surface area contributed by atoms with Crippen LogP contribution in [0, 0.1) is 0 Å². The van der Waals surface area contributed by atoms with Crippen molar-refractivity contribution in [1.82, 2.24) is 20.4 Å². The largest absolute Gasteiger partial charge is 0.271 e. The fourth-order valence-electron chi connectivity index (χ4n) is 1.47. The molecular formula is C11H23N5S. The molecule has 0 radical (unpaired) electrons. The van der Waals surface area contributed by atoms with E-state index in [2.05, 4.69) is 43.4 Å². The van der Waals surface area contributed by atoms with E-state index in [4.69, 9.17) is 5.84 Å². The smallest absolute Gasteiger partial charge is 0.0778 e. The van der Waals surface area contributed by atoms with Crippen molar-refractivity contribution < 1.29 is 0 Å². The predicted molar refractivity (Wildman–Crippen MR) is 72.6 cm³/mol. The highest BCUT2D eigenvalue weighted by atomic mass is 32.2. The van der Waals surface area contributed by atoms with Gasteiger partial charge in [-0.2, -0.15) is 11.8 Å². The van der Waals surface area contributed by atoms with Gasteiger partial charge in [0.2, 0.25) is 0 Å². The summed E-state index contributed by atoms with van der Waals surface area (Å²) in [5.74, 6) is 6.54. The Kier molecular flexibility index (Phi) is 5.42. The Morgan fingerprint density at radius 3 is 2.76 bits per heavy atom. The maximum atomic E-state index is 5.63. The quantitative estimate of drug-likeness (QED) is 0.600. The van der Waals surface area contributed by atoms with E-state index < -0.39 is 0 Å². The van der Waals surface area contributed by atoms with Crippen molar-refractivity contribution in [2.45, 2.75) is 51.4 Å². The van der Waals surface area contributed by atoms with Crippen LogP contribution in [-0.4, -0.2) is 25.5 Å². The molecule has 0 spiro atoms. The molecule has 1 heterocycles. The average Bonchev–Trinajstić information content (AvgIpc) is 2.66. The van der Waals surface area contributed by atoms with E-state index >= 15 is 0 Å². The van der Waals surface area contributed by atoms with E-state index in [0.29, 0.717) is 0 Å². The van der Waals surface area contributed by atoms with E-state index in [-0.39, 0.29) is 10.8 Å². The van der Waals surface area contributed by atoms with Gasteiger partial charge in [0.1, 0.15) is 0 Å². The van der Waals surface area contributed by atoms with Crippen LogP contribution in [-0.2, 0) is 6.54 Å². The van der Waals surface area contributed by atoms with Gasteiger partial charge in [0.05, 0.1) is 17.9 Å². The third-order valence-corrected chi connectivity index (χ3v) is 3.69. The number of aryl methyl sites for hydroxylation is 1. The van der Waals surface area contributed by atoms with Crippen molar-refractivity contribution in [3.8, 4) is 0 Å². The minimum Gasteiger partial charge on any atom is -0.271 e. The summed E-state index contributed by atoms with van der Waals surface area (Å²) in [6, 6.07) is 0.0979. The number of nitrogens with two attached hydrogens (primary N) is 1. The van der Waals surface area contributed by atoms with Crippen LogP contribution in [0.15, 0.2) is 6.20 Å². The highest BCUT2D eigenvalue weighted by Crippen LogP contribution is 2.27. The predicted octanol–water partition coefficient (Wildman–Crippen LogP) is 1.72. The van der Waals surface area contributed by atoms with Gasteiger partial charge in [0.25, 0.3) is 0 Å². The number of aromatic nitrogens is 3. The number of hydrazine groups is 1. The second kappa shape index (κ2) is 6.37. The number of nitrogens with one attached hydrogen (secondary N) is 1. The van der Waals surface area contributed by atoms with Crippen LogP contribution in [0.4, 0.5) is 0 Å². The van der Waals surface area contributed by atoms with E-state index in [9.17, 15) is 0 Å². The highest BCUT2D eigenvalue weighted by Gasteiger charge is 2.19. The Morgan fingerprint density at radius 1 is 1.53 bits per heavy atom. The van der Waals surface area contributed by atoms with Crippen LogP contribution in [0.1, 0.15) is 45.9 Å². The van der Waals surface area contributed by atoms with Crippen LogP contribution in [0.5, 0.6) is 0 Å². The third-order valence-electron chi connectivity index (χ3n) is 2.32. The van der Waals surface area contributed by atoms with Gasteiger partial charge in [-0.15, -0.1) is 5.10 Å². The van der Waals surface area contributed by atoms with Crippen molar-refractivity contribution >= 4 is 11.8 Å². The highest BCUT2D eigenvalue weighted by molar-refractivity contribution is 8.00. The Balaban J connectivity index is 2.69. The van der Waals surface area contributed by atoms with Crippen molar-refractivity contribution in [1.29, 1.82) is 0 Å². The molecule has 0 bridgehead atoms. The van der Waals surface area contributed by atoms with Gasteiger partial charge in [0.15, 0.2) is 0 Å². The number of thioether (sulfide) groups is 1. The van der Waals surface area contributed by atoms with E-state index in [1.807, 2.05) is 16.4 Å². The number of nitrogens with zero attached hydrogens (tertiary/aromatic N) is 3. The molecule has 1 atom stereocenters. The fourth-order valence-corrected chi connectivity index (χ4v) is 2.41. The summed E-state index contributed by atoms with van der Waals surface area (Å²) >= 11 is 1.88. The van der Waals surface area contributed by atoms with Gasteiger partial charge in [-0.25, -0.2) is 4.68 Å². The van der Waals surface area contributed by atoms with Gasteiger partial charge in [0, 0.05) is 17.0 Å². The first-order valence-corrected chi connectivity index (χ1v) is 6.95. The zero-order valence-corrected chi connectivity index (χ0v) is 11.9. The lowest BCUT2D eigenvalue weighted by Gasteiger charge is -2.22. The van der Waals surface area contributed by atoms with Crippen LogP contribution >= 0.6 is 11.8 Å². The summed E-state index contributed by atoms with van der Waals surface area (Å²) in [6.07, 6.45) is 2.84. The maximum Gasteiger partial charge on any atom is 0.0778 e. The van der Waals surface area contributed by atoms with Gasteiger partial charge in [-0.3, -0.25) is 11.3 Å². The van der Waals surface area contributed by atoms with Crippen molar-refractivity contribution in [3.63, 3.8) is 0 Å². The molecule has 0 fully saturated rings. The molecule has 98 valence electrons. The Morgan fingerprint density at radius 2 is 2.24 bits per heavy atom. The van der Waals surface area contributed by atoms with E-state index in [1.165, 1.54) is 0 Å².